The van der Waals surface area contributed by atoms with Crippen LogP contribution in [0.2, 0.25) is 5.02 Å². The van der Waals surface area contributed by atoms with Crippen LogP contribution in [0.15, 0.2) is 29.3 Å². The molecule has 0 amide bonds. The molecule has 1 fully saturated rings. The molecule has 1 aliphatic heterocycles. The van der Waals surface area contributed by atoms with Gasteiger partial charge in [-0.3, -0.25) is 9.89 Å². The van der Waals surface area contributed by atoms with Crippen molar-refractivity contribution in [3.8, 4) is 0 Å². The van der Waals surface area contributed by atoms with Crippen LogP contribution in [0.1, 0.15) is 34.0 Å². The highest BCUT2D eigenvalue weighted by atomic mass is 127. The third-order valence-electron chi connectivity index (χ3n) is 5.26. The second-order valence-corrected chi connectivity index (χ2v) is 9.05. The van der Waals surface area contributed by atoms with Crippen LogP contribution in [0.5, 0.6) is 0 Å². The number of benzene rings is 1. The summed E-state index contributed by atoms with van der Waals surface area (Å²) in [6.07, 6.45) is 2.39. The van der Waals surface area contributed by atoms with Gasteiger partial charge in [0, 0.05) is 30.0 Å². The Morgan fingerprint density at radius 1 is 1.24 bits per heavy atom. The van der Waals surface area contributed by atoms with Gasteiger partial charge in [-0.15, -0.1) is 35.3 Å². The van der Waals surface area contributed by atoms with Crippen LogP contribution in [0.4, 0.5) is 0 Å². The molecule has 0 radical (unpaired) electrons. The van der Waals surface area contributed by atoms with Crippen LogP contribution in [0.3, 0.4) is 0 Å². The Balaban J connectivity index is 0.00000300. The largest absolute Gasteiger partial charge is 0.356 e. The number of nitrogens with zero attached hydrogens (tertiary/aromatic N) is 3. The highest BCUT2D eigenvalue weighted by Crippen LogP contribution is 2.22. The molecular weight excluding hydrogens is 517 g/mol. The smallest absolute Gasteiger partial charge is 0.191 e. The van der Waals surface area contributed by atoms with Gasteiger partial charge in [0.1, 0.15) is 0 Å². The SMILES string of the molecule is CN=C(NCc1sc(C)nc1C)NCC1CCN(Cc2ccccc2Cl)CC1.I. The van der Waals surface area contributed by atoms with Gasteiger partial charge in [-0.05, 0) is 57.3 Å². The zero-order chi connectivity index (χ0) is 19.9. The monoisotopic (exact) mass is 547 g/mol. The second-order valence-electron chi connectivity index (χ2n) is 7.36. The maximum absolute atomic E-state index is 6.30. The Hall–Kier alpha value is -0.900. The molecule has 5 nitrogen and oxygen atoms in total. The number of halogens is 2. The molecule has 160 valence electrons. The summed E-state index contributed by atoms with van der Waals surface area (Å²) in [6, 6.07) is 8.15. The fraction of sp³-hybridized carbons (Fsp3) is 0.524. The van der Waals surface area contributed by atoms with Crippen molar-refractivity contribution in [1.29, 1.82) is 0 Å². The lowest BCUT2D eigenvalue weighted by atomic mass is 9.96. The van der Waals surface area contributed by atoms with Crippen LogP contribution >= 0.6 is 46.9 Å². The molecule has 0 atom stereocenters. The lowest BCUT2D eigenvalue weighted by Gasteiger charge is -2.32. The van der Waals surface area contributed by atoms with E-state index in [1.807, 2.05) is 26.1 Å². The quantitative estimate of drug-likeness (QED) is 0.315. The molecule has 2 aromatic rings. The topological polar surface area (TPSA) is 52.6 Å². The first kappa shape index (κ1) is 24.4. The number of hydrogen-bond acceptors (Lipinski definition) is 4. The maximum atomic E-state index is 6.30. The molecule has 2 heterocycles. The molecule has 0 spiro atoms. The molecule has 1 aromatic carbocycles. The predicted octanol–water partition coefficient (Wildman–Crippen LogP) is 4.61. The summed E-state index contributed by atoms with van der Waals surface area (Å²) >= 11 is 8.04. The van der Waals surface area contributed by atoms with Gasteiger partial charge in [0.05, 0.1) is 17.2 Å². The number of rotatable bonds is 6. The molecule has 1 aliphatic rings. The molecule has 3 rings (SSSR count). The van der Waals surface area contributed by atoms with Gasteiger partial charge >= 0.3 is 0 Å². The summed E-state index contributed by atoms with van der Waals surface area (Å²) in [5, 5.41) is 8.88. The number of aryl methyl sites for hydroxylation is 2. The molecule has 1 saturated heterocycles. The van der Waals surface area contributed by atoms with Crippen molar-refractivity contribution in [2.45, 2.75) is 39.8 Å². The van der Waals surface area contributed by atoms with Gasteiger partial charge in [-0.1, -0.05) is 29.8 Å². The lowest BCUT2D eigenvalue weighted by Crippen LogP contribution is -2.42. The number of piperidine rings is 1. The van der Waals surface area contributed by atoms with Gasteiger partial charge in [0.2, 0.25) is 0 Å². The van der Waals surface area contributed by atoms with Crippen LogP contribution in [-0.2, 0) is 13.1 Å². The second kappa shape index (κ2) is 12.1. The first-order chi connectivity index (χ1) is 13.5. The van der Waals surface area contributed by atoms with Gasteiger partial charge < -0.3 is 10.6 Å². The fourth-order valence-corrected chi connectivity index (χ4v) is 4.65. The first-order valence-corrected chi connectivity index (χ1v) is 11.1. The van der Waals surface area contributed by atoms with E-state index in [1.165, 1.54) is 23.3 Å². The van der Waals surface area contributed by atoms with E-state index in [9.17, 15) is 0 Å². The van der Waals surface area contributed by atoms with Gasteiger partial charge in [0.15, 0.2) is 5.96 Å². The highest BCUT2D eigenvalue weighted by molar-refractivity contribution is 14.0. The molecule has 2 N–H and O–H groups in total. The summed E-state index contributed by atoms with van der Waals surface area (Å²) < 4.78 is 0. The molecule has 0 aliphatic carbocycles. The van der Waals surface area contributed by atoms with Crippen molar-refractivity contribution < 1.29 is 0 Å². The van der Waals surface area contributed by atoms with Crippen molar-refractivity contribution in [2.75, 3.05) is 26.7 Å². The maximum Gasteiger partial charge on any atom is 0.191 e. The first-order valence-electron chi connectivity index (χ1n) is 9.88. The van der Waals surface area contributed by atoms with E-state index in [0.717, 1.165) is 54.4 Å². The van der Waals surface area contributed by atoms with E-state index in [-0.39, 0.29) is 24.0 Å². The van der Waals surface area contributed by atoms with Gasteiger partial charge in [-0.25, -0.2) is 4.98 Å². The molecule has 29 heavy (non-hydrogen) atoms. The van der Waals surface area contributed by atoms with Crippen LogP contribution in [0, 0.1) is 19.8 Å². The molecular formula is C21H31ClIN5S. The molecule has 0 bridgehead atoms. The number of likely N-dealkylation sites (tertiary alicyclic amines) is 1. The van der Waals surface area contributed by atoms with E-state index in [4.69, 9.17) is 11.6 Å². The van der Waals surface area contributed by atoms with Crippen molar-refractivity contribution in [3.63, 3.8) is 0 Å². The van der Waals surface area contributed by atoms with Crippen molar-refractivity contribution in [2.24, 2.45) is 10.9 Å². The Labute approximate surface area is 200 Å². The normalized spacial score (nSPS) is 15.8. The minimum Gasteiger partial charge on any atom is -0.356 e. The Kier molecular flexibility index (Phi) is 10.1. The van der Waals surface area contributed by atoms with Crippen LogP contribution in [-0.4, -0.2) is 42.5 Å². The number of guanidine groups is 1. The third-order valence-corrected chi connectivity index (χ3v) is 6.70. The van der Waals surface area contributed by atoms with Crippen molar-refractivity contribution in [3.05, 3.63) is 50.4 Å². The fourth-order valence-electron chi connectivity index (χ4n) is 3.58. The molecule has 0 saturated carbocycles. The average Bonchev–Trinajstić information content (AvgIpc) is 3.02. The zero-order valence-electron chi connectivity index (χ0n) is 17.4. The van der Waals surface area contributed by atoms with Crippen molar-refractivity contribution in [1.82, 2.24) is 20.5 Å². The van der Waals surface area contributed by atoms with E-state index >= 15 is 0 Å². The Morgan fingerprint density at radius 2 is 1.97 bits per heavy atom. The minimum absolute atomic E-state index is 0. The average molecular weight is 548 g/mol. The molecule has 1 aromatic heterocycles. The van der Waals surface area contributed by atoms with E-state index in [1.54, 1.807) is 11.3 Å². The third kappa shape index (κ3) is 7.38. The standard InChI is InChI=1S/C21H30ClN5S.HI/c1-15-20(28-16(2)26-15)13-25-21(23-3)24-12-17-8-10-27(11-9-17)14-18-6-4-5-7-19(18)22;/h4-7,17H,8-14H2,1-3H3,(H2,23,24,25);1H. The Morgan fingerprint density at radius 3 is 2.59 bits per heavy atom. The van der Waals surface area contributed by atoms with E-state index in [0.29, 0.717) is 5.92 Å². The summed E-state index contributed by atoms with van der Waals surface area (Å²) in [5.74, 6) is 1.54. The Bertz CT molecular complexity index is 802. The summed E-state index contributed by atoms with van der Waals surface area (Å²) in [6.45, 7) is 9.01. The van der Waals surface area contributed by atoms with Crippen LogP contribution in [0.25, 0.3) is 0 Å². The van der Waals surface area contributed by atoms with Crippen LogP contribution < -0.4 is 10.6 Å². The number of thiazole rings is 1. The molecule has 0 unspecified atom stereocenters. The van der Waals surface area contributed by atoms with Gasteiger partial charge in [0.25, 0.3) is 0 Å². The van der Waals surface area contributed by atoms with Crippen molar-refractivity contribution >= 4 is 52.9 Å². The van der Waals surface area contributed by atoms with E-state index in [2.05, 4.69) is 44.6 Å². The number of nitrogens with one attached hydrogen (secondary N) is 2. The van der Waals surface area contributed by atoms with E-state index < -0.39 is 0 Å². The predicted molar refractivity (Wildman–Crippen MR) is 135 cm³/mol. The molecule has 8 heteroatoms. The lowest BCUT2D eigenvalue weighted by molar-refractivity contribution is 0.178. The zero-order valence-corrected chi connectivity index (χ0v) is 21.3. The van der Waals surface area contributed by atoms with Gasteiger partial charge in [-0.2, -0.15) is 0 Å². The summed E-state index contributed by atoms with van der Waals surface area (Å²) in [4.78, 5) is 12.6. The minimum atomic E-state index is 0. The summed E-state index contributed by atoms with van der Waals surface area (Å²) in [7, 11) is 1.83. The number of hydrogen-bond donors (Lipinski definition) is 2. The summed E-state index contributed by atoms with van der Waals surface area (Å²) in [5.41, 5.74) is 2.33. The highest BCUT2D eigenvalue weighted by Gasteiger charge is 2.20. The number of aromatic nitrogens is 1. The number of aliphatic imine (C=N–C) groups is 1.